The van der Waals surface area contributed by atoms with Crippen molar-refractivity contribution >= 4 is 14.5 Å². The van der Waals surface area contributed by atoms with Crippen LogP contribution in [-0.2, 0) is 12.8 Å². The zero-order valence-electron chi connectivity index (χ0n) is 10.3. The minimum absolute atomic E-state index is 1.04. The third kappa shape index (κ3) is 3.17. The van der Waals surface area contributed by atoms with E-state index in [0.29, 0.717) is 0 Å². The standard InChI is InChI=1S/C16H19P/c1-2-7-14-10-6-11-16(17)15(14)12-13-8-4-3-5-9-13/h3-6,8-11H,2,7,12,17H2,1H3. The van der Waals surface area contributed by atoms with Gasteiger partial charge in [0.2, 0.25) is 0 Å². The van der Waals surface area contributed by atoms with Crippen LogP contribution < -0.4 is 5.30 Å². The van der Waals surface area contributed by atoms with Gasteiger partial charge in [0.15, 0.2) is 0 Å². The molecule has 88 valence electrons. The lowest BCUT2D eigenvalue weighted by Crippen LogP contribution is -2.07. The van der Waals surface area contributed by atoms with Crippen molar-refractivity contribution in [2.24, 2.45) is 0 Å². The van der Waals surface area contributed by atoms with Crippen molar-refractivity contribution in [1.29, 1.82) is 0 Å². The first-order valence-electron chi connectivity index (χ1n) is 6.21. The molecule has 1 heteroatoms. The summed E-state index contributed by atoms with van der Waals surface area (Å²) in [4.78, 5) is 0. The second-order valence-electron chi connectivity index (χ2n) is 4.40. The summed E-state index contributed by atoms with van der Waals surface area (Å²) in [7, 11) is 2.87. The Morgan fingerprint density at radius 2 is 1.71 bits per heavy atom. The Morgan fingerprint density at radius 1 is 0.941 bits per heavy atom. The lowest BCUT2D eigenvalue weighted by molar-refractivity contribution is 0.906. The van der Waals surface area contributed by atoms with Crippen LogP contribution in [0.5, 0.6) is 0 Å². The van der Waals surface area contributed by atoms with Gasteiger partial charge in [0.05, 0.1) is 0 Å². The lowest BCUT2D eigenvalue weighted by atomic mass is 9.97. The molecule has 0 spiro atoms. The molecule has 1 atom stereocenters. The fourth-order valence-corrected chi connectivity index (χ4v) is 2.57. The Bertz CT molecular complexity index is 474. The van der Waals surface area contributed by atoms with Gasteiger partial charge in [-0.05, 0) is 34.8 Å². The summed E-state index contributed by atoms with van der Waals surface area (Å²) in [5.41, 5.74) is 4.36. The molecule has 1 unspecified atom stereocenters. The number of benzene rings is 2. The Hall–Kier alpha value is -1.13. The van der Waals surface area contributed by atoms with Gasteiger partial charge in [-0.25, -0.2) is 0 Å². The largest absolute Gasteiger partial charge is 0.105 e. The third-order valence-corrected chi connectivity index (χ3v) is 3.59. The second-order valence-corrected chi connectivity index (χ2v) is 5.02. The highest BCUT2D eigenvalue weighted by Crippen LogP contribution is 2.16. The molecule has 0 aromatic heterocycles. The molecule has 0 aliphatic carbocycles. The molecule has 17 heavy (non-hydrogen) atoms. The average Bonchev–Trinajstić information content (AvgIpc) is 2.35. The van der Waals surface area contributed by atoms with E-state index in [2.05, 4.69) is 64.7 Å². The molecule has 0 aliphatic rings. The van der Waals surface area contributed by atoms with Crippen LogP contribution in [0, 0.1) is 0 Å². The van der Waals surface area contributed by atoms with Crippen LogP contribution in [0.3, 0.4) is 0 Å². The molecular formula is C16H19P. The summed E-state index contributed by atoms with van der Waals surface area (Å²) >= 11 is 0. The summed E-state index contributed by atoms with van der Waals surface area (Å²) in [6.45, 7) is 2.24. The number of hydrogen-bond donors (Lipinski definition) is 0. The SMILES string of the molecule is CCCc1cccc(P)c1Cc1ccccc1. The van der Waals surface area contributed by atoms with Gasteiger partial charge in [-0.2, -0.15) is 0 Å². The van der Waals surface area contributed by atoms with E-state index in [9.17, 15) is 0 Å². The maximum absolute atomic E-state index is 2.87. The molecule has 0 radical (unpaired) electrons. The van der Waals surface area contributed by atoms with Crippen LogP contribution in [0.25, 0.3) is 0 Å². The Labute approximate surface area is 106 Å². The quantitative estimate of drug-likeness (QED) is 0.717. The van der Waals surface area contributed by atoms with Gasteiger partial charge >= 0.3 is 0 Å². The minimum Gasteiger partial charge on any atom is -0.105 e. The fraction of sp³-hybridized carbons (Fsp3) is 0.250. The van der Waals surface area contributed by atoms with Crippen LogP contribution >= 0.6 is 9.24 Å². The van der Waals surface area contributed by atoms with Crippen LogP contribution in [0.2, 0.25) is 0 Å². The monoisotopic (exact) mass is 242 g/mol. The zero-order valence-corrected chi connectivity index (χ0v) is 11.5. The molecule has 0 aliphatic heterocycles. The first-order chi connectivity index (χ1) is 8.31. The van der Waals surface area contributed by atoms with Gasteiger partial charge in [-0.1, -0.05) is 61.9 Å². The first-order valence-corrected chi connectivity index (χ1v) is 6.79. The maximum atomic E-state index is 2.87. The van der Waals surface area contributed by atoms with Crippen molar-refractivity contribution < 1.29 is 0 Å². The van der Waals surface area contributed by atoms with Crippen LogP contribution in [0.1, 0.15) is 30.0 Å². The molecule has 0 bridgehead atoms. The highest BCUT2D eigenvalue weighted by Gasteiger charge is 2.05. The van der Waals surface area contributed by atoms with Crippen LogP contribution in [0.4, 0.5) is 0 Å². The fourth-order valence-electron chi connectivity index (χ4n) is 2.17. The number of aryl methyl sites for hydroxylation is 1. The van der Waals surface area contributed by atoms with E-state index in [1.54, 1.807) is 0 Å². The van der Waals surface area contributed by atoms with E-state index >= 15 is 0 Å². The van der Waals surface area contributed by atoms with E-state index in [-0.39, 0.29) is 0 Å². The highest BCUT2D eigenvalue weighted by molar-refractivity contribution is 7.27. The van der Waals surface area contributed by atoms with Gasteiger partial charge in [0.25, 0.3) is 0 Å². The second kappa shape index (κ2) is 5.98. The van der Waals surface area contributed by atoms with E-state index in [1.807, 2.05) is 0 Å². The molecule has 0 nitrogen and oxygen atoms in total. The van der Waals surface area contributed by atoms with Gasteiger partial charge in [-0.15, -0.1) is 9.24 Å². The summed E-state index contributed by atoms with van der Waals surface area (Å²) in [5, 5.41) is 1.33. The summed E-state index contributed by atoms with van der Waals surface area (Å²) < 4.78 is 0. The lowest BCUT2D eigenvalue weighted by Gasteiger charge is -2.12. The molecule has 0 N–H and O–H groups in total. The number of rotatable bonds is 4. The topological polar surface area (TPSA) is 0 Å². The predicted octanol–water partition coefficient (Wildman–Crippen LogP) is 3.73. The van der Waals surface area contributed by atoms with Crippen molar-refractivity contribution in [1.82, 2.24) is 0 Å². The van der Waals surface area contributed by atoms with Crippen LogP contribution in [-0.4, -0.2) is 0 Å². The van der Waals surface area contributed by atoms with Crippen LogP contribution in [0.15, 0.2) is 48.5 Å². The molecular weight excluding hydrogens is 223 g/mol. The molecule has 2 aromatic rings. The average molecular weight is 242 g/mol. The van der Waals surface area contributed by atoms with Gasteiger partial charge < -0.3 is 0 Å². The molecule has 0 saturated heterocycles. The molecule has 0 heterocycles. The first kappa shape index (κ1) is 12.3. The van der Waals surface area contributed by atoms with Crippen molar-refractivity contribution in [3.05, 3.63) is 65.2 Å². The van der Waals surface area contributed by atoms with Gasteiger partial charge in [0.1, 0.15) is 0 Å². The smallest absolute Gasteiger partial charge is 0.00169 e. The van der Waals surface area contributed by atoms with E-state index < -0.39 is 0 Å². The Balaban J connectivity index is 2.31. The maximum Gasteiger partial charge on any atom is -0.00169 e. The zero-order chi connectivity index (χ0) is 12.1. The van der Waals surface area contributed by atoms with Gasteiger partial charge in [0, 0.05) is 0 Å². The summed E-state index contributed by atoms with van der Waals surface area (Å²) in [5.74, 6) is 0. The summed E-state index contributed by atoms with van der Waals surface area (Å²) in [6.07, 6.45) is 3.41. The third-order valence-electron chi connectivity index (χ3n) is 3.05. The minimum atomic E-state index is 1.04. The van der Waals surface area contributed by atoms with Gasteiger partial charge in [-0.3, -0.25) is 0 Å². The van der Waals surface area contributed by atoms with E-state index in [0.717, 1.165) is 6.42 Å². The Kier molecular flexibility index (Phi) is 4.34. The molecule has 2 aromatic carbocycles. The Morgan fingerprint density at radius 3 is 2.41 bits per heavy atom. The van der Waals surface area contributed by atoms with Crippen molar-refractivity contribution in [3.8, 4) is 0 Å². The molecule has 0 fully saturated rings. The van der Waals surface area contributed by atoms with E-state index in [4.69, 9.17) is 0 Å². The molecule has 2 rings (SSSR count). The normalized spacial score (nSPS) is 10.5. The predicted molar refractivity (Wildman–Crippen MR) is 79.0 cm³/mol. The van der Waals surface area contributed by atoms with E-state index in [1.165, 1.54) is 34.8 Å². The number of hydrogen-bond acceptors (Lipinski definition) is 0. The molecule has 0 amide bonds. The van der Waals surface area contributed by atoms with Crippen molar-refractivity contribution in [2.45, 2.75) is 26.2 Å². The molecule has 0 saturated carbocycles. The van der Waals surface area contributed by atoms with Crippen molar-refractivity contribution in [3.63, 3.8) is 0 Å². The summed E-state index contributed by atoms with van der Waals surface area (Å²) in [6, 6.07) is 17.3. The van der Waals surface area contributed by atoms with Crippen molar-refractivity contribution in [2.75, 3.05) is 0 Å². The highest BCUT2D eigenvalue weighted by atomic mass is 31.0.